The highest BCUT2D eigenvalue weighted by Gasteiger charge is 2.32. The van der Waals surface area contributed by atoms with E-state index in [9.17, 15) is 14.4 Å². The third kappa shape index (κ3) is 8.97. The van der Waals surface area contributed by atoms with Crippen LogP contribution in [0, 0.1) is 28.1 Å². The summed E-state index contributed by atoms with van der Waals surface area (Å²) in [6, 6.07) is 5.52. The van der Waals surface area contributed by atoms with E-state index >= 15 is 0 Å². The lowest BCUT2D eigenvalue weighted by Crippen LogP contribution is -2.34. The Morgan fingerprint density at radius 1 is 0.800 bits per heavy atom. The predicted molar refractivity (Wildman–Crippen MR) is 146 cm³/mol. The fourth-order valence-electron chi connectivity index (χ4n) is 4.87. The summed E-state index contributed by atoms with van der Waals surface area (Å²) in [6.45, 7) is 20.3. The maximum absolute atomic E-state index is 13.2. The largest absolute Gasteiger partial charge is 0.326 e. The molecule has 0 bridgehead atoms. The molecule has 0 radical (unpaired) electrons. The van der Waals surface area contributed by atoms with Gasteiger partial charge >= 0.3 is 0 Å². The molecule has 1 aromatic rings. The number of rotatable bonds is 8. The first-order valence-electron chi connectivity index (χ1n) is 12.9. The predicted octanol–water partition coefficient (Wildman–Crippen LogP) is 6.50. The highest BCUT2D eigenvalue weighted by atomic mass is 16.2. The monoisotopic (exact) mass is 485 g/mol. The van der Waals surface area contributed by atoms with Crippen molar-refractivity contribution < 1.29 is 14.4 Å². The Morgan fingerprint density at radius 2 is 1.23 bits per heavy atom. The van der Waals surface area contributed by atoms with Crippen LogP contribution in [0.25, 0.3) is 0 Å². The van der Waals surface area contributed by atoms with E-state index in [1.165, 1.54) is 0 Å². The second kappa shape index (κ2) is 11.1. The fraction of sp³-hybridized carbons (Fsp3) is 0.690. The highest BCUT2D eigenvalue weighted by molar-refractivity contribution is 5.95. The molecule has 0 aromatic heterocycles. The molecule has 0 heterocycles. The topological polar surface area (TPSA) is 69.7 Å². The molecule has 6 heteroatoms. The minimum absolute atomic E-state index is 0.0161. The Kier molecular flexibility index (Phi) is 9.18. The van der Waals surface area contributed by atoms with E-state index in [1.807, 2.05) is 18.2 Å². The molecular formula is C29H47N3O3. The van der Waals surface area contributed by atoms with Gasteiger partial charge in [-0.3, -0.25) is 14.4 Å². The zero-order valence-corrected chi connectivity index (χ0v) is 23.4. The molecule has 0 saturated heterocycles. The summed E-state index contributed by atoms with van der Waals surface area (Å²) >= 11 is 0. The van der Waals surface area contributed by atoms with Crippen LogP contribution >= 0.6 is 0 Å². The molecule has 35 heavy (non-hydrogen) atoms. The molecule has 1 aliphatic carbocycles. The van der Waals surface area contributed by atoms with Crippen molar-refractivity contribution in [2.24, 2.45) is 28.1 Å². The minimum atomic E-state index is -0.109. The molecule has 196 valence electrons. The Labute approximate surface area is 212 Å². The molecule has 2 rings (SSSR count). The van der Waals surface area contributed by atoms with Gasteiger partial charge in [-0.05, 0) is 66.0 Å². The highest BCUT2D eigenvalue weighted by Crippen LogP contribution is 2.40. The van der Waals surface area contributed by atoms with Crippen LogP contribution in [0.2, 0.25) is 0 Å². The molecule has 1 N–H and O–H groups in total. The summed E-state index contributed by atoms with van der Waals surface area (Å²) in [5.74, 6) is 0.634. The van der Waals surface area contributed by atoms with Crippen LogP contribution < -0.4 is 15.1 Å². The molecule has 0 atom stereocenters. The fourth-order valence-corrected chi connectivity index (χ4v) is 4.87. The molecule has 1 aliphatic rings. The number of nitrogens with zero attached hydrogens (tertiary/aromatic N) is 2. The second-order valence-corrected chi connectivity index (χ2v) is 13.7. The number of benzene rings is 1. The van der Waals surface area contributed by atoms with Crippen LogP contribution in [0.15, 0.2) is 18.2 Å². The minimum Gasteiger partial charge on any atom is -0.326 e. The van der Waals surface area contributed by atoms with Gasteiger partial charge in [0.25, 0.3) is 0 Å². The third-order valence-electron chi connectivity index (χ3n) is 6.70. The van der Waals surface area contributed by atoms with Crippen molar-refractivity contribution in [2.45, 2.75) is 88.0 Å². The van der Waals surface area contributed by atoms with E-state index in [2.05, 4.69) is 67.6 Å². The van der Waals surface area contributed by atoms with Crippen molar-refractivity contribution >= 4 is 35.8 Å². The lowest BCUT2D eigenvalue weighted by molar-refractivity contribution is -0.121. The molecule has 1 aromatic carbocycles. The van der Waals surface area contributed by atoms with Crippen LogP contribution in [-0.4, -0.2) is 31.8 Å². The molecule has 1 fully saturated rings. The smallest absolute Gasteiger partial charge is 0.227 e. The van der Waals surface area contributed by atoms with E-state index in [0.717, 1.165) is 38.5 Å². The van der Waals surface area contributed by atoms with Gasteiger partial charge in [-0.1, -0.05) is 62.3 Å². The van der Waals surface area contributed by atoms with Gasteiger partial charge in [-0.2, -0.15) is 0 Å². The van der Waals surface area contributed by atoms with E-state index in [1.54, 1.807) is 9.80 Å². The lowest BCUT2D eigenvalue weighted by atomic mass is 9.69. The Balaban J connectivity index is 2.34. The maximum Gasteiger partial charge on any atom is 0.227 e. The number of anilines is 3. The van der Waals surface area contributed by atoms with Gasteiger partial charge in [0.1, 0.15) is 0 Å². The van der Waals surface area contributed by atoms with Crippen molar-refractivity contribution in [2.75, 3.05) is 28.2 Å². The average molecular weight is 486 g/mol. The lowest BCUT2D eigenvalue weighted by Gasteiger charge is -2.36. The van der Waals surface area contributed by atoms with Crippen LogP contribution in [0.4, 0.5) is 17.1 Å². The van der Waals surface area contributed by atoms with Crippen molar-refractivity contribution in [3.05, 3.63) is 18.2 Å². The average Bonchev–Trinajstić information content (AvgIpc) is 2.73. The van der Waals surface area contributed by atoms with Crippen molar-refractivity contribution in [1.82, 2.24) is 0 Å². The number of carbonyl (C=O) groups is 3. The van der Waals surface area contributed by atoms with Gasteiger partial charge in [-0.15, -0.1) is 0 Å². The summed E-state index contributed by atoms with van der Waals surface area (Å²) in [7, 11) is 0. The van der Waals surface area contributed by atoms with Crippen LogP contribution in [-0.2, 0) is 14.4 Å². The third-order valence-corrected chi connectivity index (χ3v) is 6.70. The molecule has 6 nitrogen and oxygen atoms in total. The van der Waals surface area contributed by atoms with Gasteiger partial charge in [0.15, 0.2) is 0 Å². The number of nitrogens with one attached hydrogen (secondary N) is 1. The van der Waals surface area contributed by atoms with Crippen molar-refractivity contribution in [3.8, 4) is 0 Å². The first kappa shape index (κ1) is 28.9. The van der Waals surface area contributed by atoms with Crippen molar-refractivity contribution in [3.63, 3.8) is 0 Å². The summed E-state index contributed by atoms with van der Waals surface area (Å²) in [4.78, 5) is 40.5. The Bertz CT molecular complexity index is 836. The number of hydrogen-bond acceptors (Lipinski definition) is 3. The molecular weight excluding hydrogens is 438 g/mol. The van der Waals surface area contributed by atoms with Crippen molar-refractivity contribution in [1.29, 1.82) is 0 Å². The first-order chi connectivity index (χ1) is 16.0. The van der Waals surface area contributed by atoms with Gasteiger partial charge in [0.05, 0.1) is 0 Å². The molecule has 0 unspecified atom stereocenters. The Morgan fingerprint density at radius 3 is 1.57 bits per heavy atom. The van der Waals surface area contributed by atoms with Gasteiger partial charge < -0.3 is 15.1 Å². The molecule has 1 saturated carbocycles. The summed E-state index contributed by atoms with van der Waals surface area (Å²) in [5, 5.41) is 3.11. The summed E-state index contributed by atoms with van der Waals surface area (Å²) < 4.78 is 0. The summed E-state index contributed by atoms with van der Waals surface area (Å²) in [6.07, 6.45) is 5.52. The Hall–Kier alpha value is -2.37. The van der Waals surface area contributed by atoms with Crippen LogP contribution in [0.3, 0.4) is 0 Å². The number of hydrogen-bond donors (Lipinski definition) is 1. The van der Waals surface area contributed by atoms with E-state index in [0.29, 0.717) is 36.1 Å². The van der Waals surface area contributed by atoms with Gasteiger partial charge in [-0.25, -0.2) is 0 Å². The standard InChI is InChI=1S/C29H47N3O3/c1-27(2,3)17-31(19-33)24-14-23(15-25(16-24)32(20-34)18-28(4,5)6)30-26(35)21-10-12-22(13-11-21)29(7,8)9/h14-16,19-22H,10-13,17-18H2,1-9H3,(H,30,35)/t21-,22+. The maximum atomic E-state index is 13.2. The normalized spacial score (nSPS) is 19.1. The second-order valence-electron chi connectivity index (χ2n) is 13.7. The van der Waals surface area contributed by atoms with Gasteiger partial charge in [0, 0.05) is 36.1 Å². The number of amides is 3. The zero-order valence-electron chi connectivity index (χ0n) is 23.4. The quantitative estimate of drug-likeness (QED) is 0.428. The summed E-state index contributed by atoms with van der Waals surface area (Å²) in [5.41, 5.74) is 1.99. The van der Waals surface area contributed by atoms with E-state index in [-0.39, 0.29) is 28.1 Å². The van der Waals surface area contributed by atoms with Crippen LogP contribution in [0.5, 0.6) is 0 Å². The van der Waals surface area contributed by atoms with E-state index in [4.69, 9.17) is 0 Å². The zero-order chi connectivity index (χ0) is 26.6. The van der Waals surface area contributed by atoms with Gasteiger partial charge in [0.2, 0.25) is 18.7 Å². The molecule has 3 amide bonds. The van der Waals surface area contributed by atoms with E-state index < -0.39 is 0 Å². The SMILES string of the molecule is CC(C)(C)CN(C=O)c1cc(NC(=O)[C@H]2CC[C@@H](C(C)(C)C)CC2)cc(N(C=O)CC(C)(C)C)c1. The first-order valence-corrected chi connectivity index (χ1v) is 12.9. The number of carbonyl (C=O) groups excluding carboxylic acids is 3. The van der Waals surface area contributed by atoms with Crippen LogP contribution in [0.1, 0.15) is 88.0 Å². The molecule has 0 aliphatic heterocycles. The molecule has 0 spiro atoms.